The highest BCUT2D eigenvalue weighted by Gasteiger charge is 2.15. The average molecular weight is 232 g/mol. The number of amides is 1. The number of nitrogens with zero attached hydrogens (tertiary/aromatic N) is 2. The van der Waals surface area contributed by atoms with Crippen LogP contribution in [0.4, 0.5) is 0 Å². The number of carbonyl (C=O) groups is 1. The summed E-state index contributed by atoms with van der Waals surface area (Å²) in [5.74, 6) is -0.305. The first kappa shape index (κ1) is 11.1. The van der Waals surface area contributed by atoms with Crippen LogP contribution in [0.3, 0.4) is 0 Å². The van der Waals surface area contributed by atoms with E-state index in [9.17, 15) is 9.59 Å². The maximum Gasteiger partial charge on any atom is 0.341 e. The fourth-order valence-electron chi connectivity index (χ4n) is 1.48. The highest BCUT2D eigenvalue weighted by molar-refractivity contribution is 5.90. The molecule has 2 rings (SSSR count). The third kappa shape index (κ3) is 2.60. The molecule has 0 fully saturated rings. The third-order valence-corrected chi connectivity index (χ3v) is 2.31. The van der Waals surface area contributed by atoms with Crippen LogP contribution in [0.1, 0.15) is 16.2 Å². The lowest BCUT2D eigenvalue weighted by molar-refractivity contribution is 0.0773. The first-order valence-electron chi connectivity index (χ1n) is 5.11. The Hall–Kier alpha value is -2.37. The van der Waals surface area contributed by atoms with Crippen molar-refractivity contribution in [2.24, 2.45) is 0 Å². The van der Waals surface area contributed by atoms with Crippen LogP contribution in [0.25, 0.3) is 0 Å². The van der Waals surface area contributed by atoms with E-state index in [0.29, 0.717) is 6.54 Å². The number of hydrogen-bond acceptors (Lipinski definition) is 3. The van der Waals surface area contributed by atoms with Crippen molar-refractivity contribution in [1.29, 1.82) is 0 Å². The van der Waals surface area contributed by atoms with Crippen molar-refractivity contribution in [2.75, 3.05) is 7.05 Å². The van der Waals surface area contributed by atoms with Crippen LogP contribution in [0.2, 0.25) is 0 Å². The molecule has 2 aromatic rings. The average Bonchev–Trinajstić information content (AvgIpc) is 2.76. The minimum atomic E-state index is -0.485. The zero-order valence-electron chi connectivity index (χ0n) is 9.30. The Balaban J connectivity index is 2.08. The van der Waals surface area contributed by atoms with Crippen LogP contribution < -0.4 is 5.69 Å². The van der Waals surface area contributed by atoms with Crippen molar-refractivity contribution in [3.63, 3.8) is 0 Å². The Morgan fingerprint density at radius 1 is 1.35 bits per heavy atom. The van der Waals surface area contributed by atoms with E-state index in [0.717, 1.165) is 5.56 Å². The molecule has 0 bridgehead atoms. The van der Waals surface area contributed by atoms with Crippen LogP contribution in [0, 0.1) is 0 Å². The van der Waals surface area contributed by atoms with Crippen LogP contribution in [-0.4, -0.2) is 33.0 Å². The van der Waals surface area contributed by atoms with Crippen molar-refractivity contribution in [2.45, 2.75) is 6.54 Å². The summed E-state index contributed by atoms with van der Waals surface area (Å²) in [6.07, 6.45) is 0. The lowest BCUT2D eigenvalue weighted by Gasteiger charge is -2.15. The predicted molar refractivity (Wildman–Crippen MR) is 61.4 cm³/mol. The largest absolute Gasteiger partial charge is 0.341 e. The highest BCUT2D eigenvalue weighted by atomic mass is 16.2. The zero-order valence-corrected chi connectivity index (χ0v) is 9.30. The molecule has 6 nitrogen and oxygen atoms in total. The van der Waals surface area contributed by atoms with Crippen molar-refractivity contribution in [1.82, 2.24) is 20.1 Å². The van der Waals surface area contributed by atoms with Gasteiger partial charge in [-0.15, -0.1) is 5.10 Å². The van der Waals surface area contributed by atoms with Crippen LogP contribution in [-0.2, 0) is 6.54 Å². The maximum atomic E-state index is 11.8. The van der Waals surface area contributed by atoms with Gasteiger partial charge in [0.15, 0.2) is 0 Å². The fourth-order valence-corrected chi connectivity index (χ4v) is 1.48. The second-order valence-corrected chi connectivity index (χ2v) is 3.67. The Morgan fingerprint density at radius 3 is 2.65 bits per heavy atom. The van der Waals surface area contributed by atoms with Gasteiger partial charge in [-0.3, -0.25) is 9.78 Å². The molecule has 0 aliphatic heterocycles. The molecule has 17 heavy (non-hydrogen) atoms. The number of H-pyrrole nitrogens is 2. The number of nitrogens with one attached hydrogen (secondary N) is 2. The van der Waals surface area contributed by atoms with E-state index in [1.54, 1.807) is 7.05 Å². The third-order valence-electron chi connectivity index (χ3n) is 2.31. The molecule has 1 amide bonds. The van der Waals surface area contributed by atoms with Gasteiger partial charge in [-0.2, -0.15) is 0 Å². The standard InChI is InChI=1S/C11H12N4O2/c1-15(7-8-5-3-2-4-6-8)10(16)9-12-11(17)14-13-9/h2-6H,7H2,1H3,(H2,12,13,14,17). The molecule has 0 saturated heterocycles. The molecule has 0 aliphatic rings. The Labute approximate surface area is 97.3 Å². The fraction of sp³-hybridized carbons (Fsp3) is 0.182. The highest BCUT2D eigenvalue weighted by Crippen LogP contribution is 2.04. The van der Waals surface area contributed by atoms with E-state index in [2.05, 4.69) is 15.2 Å². The number of hydrogen-bond donors (Lipinski definition) is 2. The van der Waals surface area contributed by atoms with Gasteiger partial charge in [0, 0.05) is 13.6 Å². The predicted octanol–water partition coefficient (Wildman–Crippen LogP) is 0.370. The number of carbonyl (C=O) groups excluding carboxylic acids is 1. The van der Waals surface area contributed by atoms with Crippen molar-refractivity contribution in [3.05, 3.63) is 52.2 Å². The monoisotopic (exact) mass is 232 g/mol. The molecule has 0 radical (unpaired) electrons. The van der Waals surface area contributed by atoms with Gasteiger partial charge in [-0.1, -0.05) is 30.3 Å². The summed E-state index contributed by atoms with van der Waals surface area (Å²) >= 11 is 0. The van der Waals surface area contributed by atoms with Gasteiger partial charge in [0.2, 0.25) is 5.82 Å². The quantitative estimate of drug-likeness (QED) is 0.802. The summed E-state index contributed by atoms with van der Waals surface area (Å²) in [6, 6.07) is 9.58. The SMILES string of the molecule is CN(Cc1ccccc1)C(=O)c1n[nH]c(=O)[nH]1. The number of aromatic nitrogens is 3. The number of rotatable bonds is 3. The van der Waals surface area contributed by atoms with E-state index >= 15 is 0 Å². The molecule has 0 spiro atoms. The first-order valence-corrected chi connectivity index (χ1v) is 5.11. The molecule has 1 heterocycles. The number of benzene rings is 1. The first-order chi connectivity index (χ1) is 8.16. The molecule has 1 aromatic heterocycles. The molecule has 0 saturated carbocycles. The molecule has 2 N–H and O–H groups in total. The van der Waals surface area contributed by atoms with E-state index in [1.807, 2.05) is 30.3 Å². The van der Waals surface area contributed by atoms with E-state index < -0.39 is 5.69 Å². The summed E-state index contributed by atoms with van der Waals surface area (Å²) in [4.78, 5) is 26.5. The Kier molecular flexibility index (Phi) is 3.04. The minimum Gasteiger partial charge on any atom is -0.335 e. The summed E-state index contributed by atoms with van der Waals surface area (Å²) in [5.41, 5.74) is 0.530. The second-order valence-electron chi connectivity index (χ2n) is 3.67. The topological polar surface area (TPSA) is 81.8 Å². The van der Waals surface area contributed by atoms with Gasteiger partial charge in [0.1, 0.15) is 0 Å². The molecular weight excluding hydrogens is 220 g/mol. The van der Waals surface area contributed by atoms with Crippen molar-refractivity contribution >= 4 is 5.91 Å². The van der Waals surface area contributed by atoms with Crippen LogP contribution in [0.15, 0.2) is 35.1 Å². The minimum absolute atomic E-state index is 0.0217. The van der Waals surface area contributed by atoms with Gasteiger partial charge in [-0.25, -0.2) is 9.89 Å². The molecule has 88 valence electrons. The van der Waals surface area contributed by atoms with Crippen LogP contribution in [0.5, 0.6) is 0 Å². The lowest BCUT2D eigenvalue weighted by atomic mass is 10.2. The summed E-state index contributed by atoms with van der Waals surface area (Å²) in [6.45, 7) is 0.467. The van der Waals surface area contributed by atoms with Gasteiger partial charge in [0.25, 0.3) is 5.91 Å². The Bertz CT molecular complexity index is 558. The van der Waals surface area contributed by atoms with Crippen LogP contribution >= 0.6 is 0 Å². The summed E-state index contributed by atoms with van der Waals surface area (Å²) in [5, 5.41) is 5.75. The summed E-state index contributed by atoms with van der Waals surface area (Å²) in [7, 11) is 1.66. The molecule has 1 aromatic carbocycles. The molecule has 0 unspecified atom stereocenters. The van der Waals surface area contributed by atoms with Crippen molar-refractivity contribution < 1.29 is 4.79 Å². The van der Waals surface area contributed by atoms with Gasteiger partial charge in [-0.05, 0) is 5.56 Å². The van der Waals surface area contributed by atoms with Gasteiger partial charge < -0.3 is 4.90 Å². The maximum absolute atomic E-state index is 11.8. The van der Waals surface area contributed by atoms with E-state index in [4.69, 9.17) is 0 Å². The van der Waals surface area contributed by atoms with Crippen molar-refractivity contribution in [3.8, 4) is 0 Å². The zero-order chi connectivity index (χ0) is 12.3. The van der Waals surface area contributed by atoms with E-state index in [1.165, 1.54) is 4.90 Å². The molecule has 0 atom stereocenters. The van der Waals surface area contributed by atoms with Gasteiger partial charge >= 0.3 is 5.69 Å². The van der Waals surface area contributed by atoms with E-state index in [-0.39, 0.29) is 11.7 Å². The Morgan fingerprint density at radius 2 is 2.06 bits per heavy atom. The molecular formula is C11H12N4O2. The molecule has 6 heteroatoms. The second kappa shape index (κ2) is 4.65. The normalized spacial score (nSPS) is 10.2. The molecule has 0 aliphatic carbocycles. The number of aromatic amines is 2. The smallest absolute Gasteiger partial charge is 0.335 e. The summed E-state index contributed by atoms with van der Waals surface area (Å²) < 4.78 is 0. The lowest BCUT2D eigenvalue weighted by Crippen LogP contribution is -2.27. The van der Waals surface area contributed by atoms with Gasteiger partial charge in [0.05, 0.1) is 0 Å².